The van der Waals surface area contributed by atoms with E-state index in [-0.39, 0.29) is 11.0 Å². The molecule has 0 spiro atoms. The maximum atomic E-state index is 11.9. The number of carbonyl (C=O) groups excluding carboxylic acids is 1. The number of rotatable bonds is 1. The van der Waals surface area contributed by atoms with Crippen molar-refractivity contribution in [3.05, 3.63) is 28.3 Å². The van der Waals surface area contributed by atoms with Crippen LogP contribution in [0.5, 0.6) is 5.75 Å². The van der Waals surface area contributed by atoms with Gasteiger partial charge in [-0.1, -0.05) is 11.6 Å². The molecular formula is C11H11ClO2S. The molecule has 0 bridgehead atoms. The zero-order valence-corrected chi connectivity index (χ0v) is 10.1. The normalized spacial score (nSPS) is 19.9. The largest absolute Gasteiger partial charge is 0.496 e. The molecule has 1 aromatic carbocycles. The van der Waals surface area contributed by atoms with Crippen molar-refractivity contribution in [2.45, 2.75) is 17.9 Å². The summed E-state index contributed by atoms with van der Waals surface area (Å²) < 4.78 is 5.23. The van der Waals surface area contributed by atoms with Crippen LogP contribution in [0.3, 0.4) is 0 Å². The van der Waals surface area contributed by atoms with Crippen LogP contribution in [-0.4, -0.2) is 18.1 Å². The van der Waals surface area contributed by atoms with Gasteiger partial charge in [0.1, 0.15) is 5.75 Å². The molecule has 1 aliphatic heterocycles. The number of methoxy groups -OCH3 is 1. The van der Waals surface area contributed by atoms with Gasteiger partial charge in [0.15, 0.2) is 5.78 Å². The Morgan fingerprint density at radius 2 is 2.27 bits per heavy atom. The Labute approximate surface area is 98.0 Å². The summed E-state index contributed by atoms with van der Waals surface area (Å²) in [5.74, 6) is 1.64. The van der Waals surface area contributed by atoms with E-state index in [2.05, 4.69) is 0 Å². The fraction of sp³-hybridized carbons (Fsp3) is 0.364. The van der Waals surface area contributed by atoms with Crippen LogP contribution >= 0.6 is 23.4 Å². The molecule has 1 unspecified atom stereocenters. The molecule has 0 radical (unpaired) electrons. The van der Waals surface area contributed by atoms with Crippen LogP contribution in [0.2, 0.25) is 5.02 Å². The van der Waals surface area contributed by atoms with Crippen LogP contribution in [0.4, 0.5) is 0 Å². The third-order valence-corrected chi connectivity index (χ3v) is 4.02. The van der Waals surface area contributed by atoms with Gasteiger partial charge in [-0.15, -0.1) is 11.8 Å². The Hall–Kier alpha value is -0.670. The summed E-state index contributed by atoms with van der Waals surface area (Å²) in [6, 6.07) is 3.53. The number of hydrogen-bond acceptors (Lipinski definition) is 3. The molecule has 0 amide bonds. The lowest BCUT2D eigenvalue weighted by atomic mass is 10.0. The first-order valence-electron chi connectivity index (χ1n) is 4.66. The van der Waals surface area contributed by atoms with Crippen molar-refractivity contribution in [1.29, 1.82) is 0 Å². The first kappa shape index (κ1) is 10.8. The van der Waals surface area contributed by atoms with Gasteiger partial charge in [-0.25, -0.2) is 0 Å². The van der Waals surface area contributed by atoms with Crippen molar-refractivity contribution in [2.24, 2.45) is 0 Å². The average molecular weight is 243 g/mol. The van der Waals surface area contributed by atoms with Crippen molar-refractivity contribution < 1.29 is 9.53 Å². The number of fused-ring (bicyclic) bond motifs is 1. The van der Waals surface area contributed by atoms with E-state index in [0.29, 0.717) is 10.6 Å². The number of Topliss-reactive ketones (excluding diaryl/α,β-unsaturated/α-hetero) is 1. The highest BCUT2D eigenvalue weighted by atomic mass is 35.5. The molecule has 0 aliphatic carbocycles. The highest BCUT2D eigenvalue weighted by Gasteiger charge is 2.28. The van der Waals surface area contributed by atoms with Crippen LogP contribution in [-0.2, 0) is 5.75 Å². The first-order chi connectivity index (χ1) is 7.15. The zero-order chi connectivity index (χ0) is 11.0. The first-order valence-corrected chi connectivity index (χ1v) is 6.09. The van der Waals surface area contributed by atoms with Crippen LogP contribution in [0, 0.1) is 0 Å². The summed E-state index contributed by atoms with van der Waals surface area (Å²) in [6.07, 6.45) is 0. The van der Waals surface area contributed by atoms with Crippen molar-refractivity contribution in [3.8, 4) is 5.75 Å². The quantitative estimate of drug-likeness (QED) is 0.757. The Balaban J connectivity index is 2.61. The van der Waals surface area contributed by atoms with Crippen molar-refractivity contribution in [2.75, 3.05) is 7.11 Å². The van der Waals surface area contributed by atoms with Crippen molar-refractivity contribution in [3.63, 3.8) is 0 Å². The van der Waals surface area contributed by atoms with Gasteiger partial charge in [-0.3, -0.25) is 4.79 Å². The minimum atomic E-state index is -0.0119. The molecular weight excluding hydrogens is 232 g/mol. The van der Waals surface area contributed by atoms with E-state index in [1.807, 2.05) is 13.0 Å². The van der Waals surface area contributed by atoms with E-state index >= 15 is 0 Å². The second-order valence-corrected chi connectivity index (χ2v) is 5.16. The Kier molecular flexibility index (Phi) is 2.94. The number of ketones is 1. The molecule has 15 heavy (non-hydrogen) atoms. The molecule has 2 nitrogen and oxygen atoms in total. The third-order valence-electron chi connectivity index (χ3n) is 2.53. The molecule has 0 aromatic heterocycles. The van der Waals surface area contributed by atoms with Crippen LogP contribution in [0.1, 0.15) is 22.8 Å². The summed E-state index contributed by atoms with van der Waals surface area (Å²) in [4.78, 5) is 11.9. The summed E-state index contributed by atoms with van der Waals surface area (Å²) in [5, 5.41) is 0.519. The van der Waals surface area contributed by atoms with E-state index in [1.165, 1.54) is 0 Å². The summed E-state index contributed by atoms with van der Waals surface area (Å²) in [7, 11) is 1.61. The molecule has 1 aliphatic rings. The van der Waals surface area contributed by atoms with Crippen LogP contribution in [0.25, 0.3) is 0 Å². The second kappa shape index (κ2) is 4.06. The van der Waals surface area contributed by atoms with Crippen molar-refractivity contribution >= 4 is 29.1 Å². The molecule has 2 rings (SSSR count). The molecule has 0 fully saturated rings. The number of halogens is 1. The van der Waals surface area contributed by atoms with Gasteiger partial charge in [0.25, 0.3) is 0 Å². The van der Waals surface area contributed by atoms with Gasteiger partial charge in [0, 0.05) is 16.9 Å². The maximum absolute atomic E-state index is 11.9. The lowest BCUT2D eigenvalue weighted by Gasteiger charge is -2.22. The van der Waals surface area contributed by atoms with Gasteiger partial charge in [0.2, 0.25) is 0 Å². The summed E-state index contributed by atoms with van der Waals surface area (Å²) in [5.41, 5.74) is 1.57. The standard InChI is InChI=1S/C11H11ClO2S/c1-6-11(13)10-7(5-15-6)9(14-2)4-3-8(10)12/h3-4,6H,5H2,1-2H3. The number of carbonyl (C=O) groups is 1. The van der Waals surface area contributed by atoms with Gasteiger partial charge in [0.05, 0.1) is 17.4 Å². The van der Waals surface area contributed by atoms with E-state index in [4.69, 9.17) is 16.3 Å². The lowest BCUT2D eigenvalue weighted by molar-refractivity contribution is 0.0991. The molecule has 0 N–H and O–H groups in total. The van der Waals surface area contributed by atoms with E-state index in [1.54, 1.807) is 24.9 Å². The van der Waals surface area contributed by atoms with Crippen LogP contribution < -0.4 is 4.74 Å². The zero-order valence-electron chi connectivity index (χ0n) is 8.54. The van der Waals surface area contributed by atoms with Crippen LogP contribution in [0.15, 0.2) is 12.1 Å². The molecule has 1 aromatic rings. The highest BCUT2D eigenvalue weighted by molar-refractivity contribution is 8.00. The molecule has 0 saturated carbocycles. The van der Waals surface area contributed by atoms with E-state index < -0.39 is 0 Å². The second-order valence-electron chi connectivity index (χ2n) is 3.42. The fourth-order valence-corrected chi connectivity index (χ4v) is 2.93. The summed E-state index contributed by atoms with van der Waals surface area (Å²) in [6.45, 7) is 1.91. The minimum absolute atomic E-state index is 0.0119. The highest BCUT2D eigenvalue weighted by Crippen LogP contribution is 2.38. The Morgan fingerprint density at radius 1 is 1.53 bits per heavy atom. The smallest absolute Gasteiger partial charge is 0.177 e. The third kappa shape index (κ3) is 1.74. The number of hydrogen-bond donors (Lipinski definition) is 0. The number of thioether (sulfide) groups is 1. The van der Waals surface area contributed by atoms with Gasteiger partial charge < -0.3 is 4.74 Å². The predicted molar refractivity (Wildman–Crippen MR) is 63.1 cm³/mol. The SMILES string of the molecule is COc1ccc(Cl)c2c1CSC(C)C2=O. The average Bonchev–Trinajstić information content (AvgIpc) is 2.24. The van der Waals surface area contributed by atoms with Gasteiger partial charge in [-0.05, 0) is 19.1 Å². The monoisotopic (exact) mass is 242 g/mol. The maximum Gasteiger partial charge on any atom is 0.177 e. The minimum Gasteiger partial charge on any atom is -0.496 e. The molecule has 4 heteroatoms. The Bertz CT molecular complexity index is 417. The summed E-state index contributed by atoms with van der Waals surface area (Å²) >= 11 is 7.66. The Morgan fingerprint density at radius 3 is 2.93 bits per heavy atom. The van der Waals surface area contributed by atoms with Gasteiger partial charge >= 0.3 is 0 Å². The molecule has 1 atom stereocenters. The van der Waals surface area contributed by atoms with E-state index in [9.17, 15) is 4.79 Å². The molecule has 1 heterocycles. The number of benzene rings is 1. The fourth-order valence-electron chi connectivity index (χ4n) is 1.69. The topological polar surface area (TPSA) is 26.3 Å². The predicted octanol–water partition coefficient (Wildman–Crippen LogP) is 3.17. The number of ether oxygens (including phenoxy) is 1. The van der Waals surface area contributed by atoms with E-state index in [0.717, 1.165) is 17.1 Å². The molecule has 0 saturated heterocycles. The van der Waals surface area contributed by atoms with Gasteiger partial charge in [-0.2, -0.15) is 0 Å². The lowest BCUT2D eigenvalue weighted by Crippen LogP contribution is -2.21. The molecule has 80 valence electrons. The van der Waals surface area contributed by atoms with Crippen molar-refractivity contribution in [1.82, 2.24) is 0 Å².